The van der Waals surface area contributed by atoms with E-state index in [0.717, 1.165) is 0 Å². The van der Waals surface area contributed by atoms with Crippen LogP contribution in [-0.2, 0) is 7.05 Å². The number of carbonyl (C=O) groups excluding carboxylic acids is 1. The van der Waals surface area contributed by atoms with E-state index < -0.39 is 0 Å². The molecule has 0 saturated heterocycles. The van der Waals surface area contributed by atoms with Gasteiger partial charge in [-0.15, -0.1) is 0 Å². The van der Waals surface area contributed by atoms with E-state index in [-0.39, 0.29) is 10.7 Å². The highest BCUT2D eigenvalue weighted by molar-refractivity contribution is 6.32. The van der Waals surface area contributed by atoms with E-state index in [1.54, 1.807) is 17.0 Å². The molecular weight excluding hydrogens is 216 g/mol. The molecule has 6 heteroatoms. The molecule has 0 aliphatic carbocycles. The zero-order valence-electron chi connectivity index (χ0n) is 7.88. The first kappa shape index (κ1) is 9.79. The van der Waals surface area contributed by atoms with Gasteiger partial charge in [-0.25, -0.2) is 15.0 Å². The molecule has 0 bridgehead atoms. The summed E-state index contributed by atoms with van der Waals surface area (Å²) in [5.41, 5.74) is 0.700. The van der Waals surface area contributed by atoms with Crippen LogP contribution < -0.4 is 0 Å². The van der Waals surface area contributed by atoms with E-state index in [1.165, 1.54) is 6.33 Å². The summed E-state index contributed by atoms with van der Waals surface area (Å²) in [7, 11) is 1.81. The average Bonchev–Trinajstić information content (AvgIpc) is 2.64. The average molecular weight is 223 g/mol. The molecule has 0 saturated carbocycles. The minimum atomic E-state index is 0.137. The van der Waals surface area contributed by atoms with Gasteiger partial charge in [0.05, 0.1) is 5.56 Å². The first-order chi connectivity index (χ1) is 7.24. The van der Waals surface area contributed by atoms with Gasteiger partial charge in [-0.3, -0.25) is 4.79 Å². The van der Waals surface area contributed by atoms with E-state index in [1.807, 2.05) is 7.05 Å². The molecule has 0 spiro atoms. The fourth-order valence-electron chi connectivity index (χ4n) is 1.25. The molecule has 0 aliphatic rings. The number of rotatable bonds is 2. The molecule has 0 aromatic carbocycles. The molecule has 2 heterocycles. The second-order valence-electron chi connectivity index (χ2n) is 2.91. The van der Waals surface area contributed by atoms with Crippen molar-refractivity contribution < 1.29 is 4.79 Å². The summed E-state index contributed by atoms with van der Waals surface area (Å²) in [4.78, 5) is 22.7. The lowest BCUT2D eigenvalue weighted by Crippen LogP contribution is -2.00. The van der Waals surface area contributed by atoms with E-state index in [4.69, 9.17) is 11.6 Å². The predicted molar refractivity (Wildman–Crippen MR) is 54.6 cm³/mol. The number of nitrogens with zero attached hydrogens (tertiary/aromatic N) is 4. The Bertz CT molecular complexity index is 509. The van der Waals surface area contributed by atoms with Crippen LogP contribution in [0.3, 0.4) is 0 Å². The lowest BCUT2D eigenvalue weighted by molar-refractivity contribution is 0.112. The summed E-state index contributed by atoms with van der Waals surface area (Å²) in [6, 6.07) is 0. The van der Waals surface area contributed by atoms with E-state index in [2.05, 4.69) is 15.0 Å². The van der Waals surface area contributed by atoms with Crippen LogP contribution in [0.2, 0.25) is 5.15 Å². The van der Waals surface area contributed by atoms with Crippen LogP contribution in [-0.4, -0.2) is 25.8 Å². The van der Waals surface area contributed by atoms with Gasteiger partial charge in [0.25, 0.3) is 0 Å². The van der Waals surface area contributed by atoms with Crippen LogP contribution in [0.1, 0.15) is 10.4 Å². The van der Waals surface area contributed by atoms with Gasteiger partial charge >= 0.3 is 0 Å². The minimum Gasteiger partial charge on any atom is -0.333 e. The molecule has 2 rings (SSSR count). The third-order valence-electron chi connectivity index (χ3n) is 1.99. The van der Waals surface area contributed by atoms with Crippen molar-refractivity contribution in [2.75, 3.05) is 0 Å². The first-order valence-electron chi connectivity index (χ1n) is 4.17. The molecule has 0 amide bonds. The molecule has 0 N–H and O–H groups in total. The Balaban J connectivity index is 2.68. The Kier molecular flexibility index (Phi) is 2.47. The lowest BCUT2D eigenvalue weighted by Gasteiger charge is -2.03. The highest BCUT2D eigenvalue weighted by Crippen LogP contribution is 2.21. The quantitative estimate of drug-likeness (QED) is 0.568. The molecule has 0 fully saturated rings. The second kappa shape index (κ2) is 3.78. The number of aromatic nitrogens is 4. The van der Waals surface area contributed by atoms with Gasteiger partial charge in [0.2, 0.25) is 0 Å². The van der Waals surface area contributed by atoms with Crippen molar-refractivity contribution in [3.8, 4) is 11.5 Å². The predicted octanol–water partition coefficient (Wildman–Crippen LogP) is 1.34. The Hall–Kier alpha value is -1.75. The van der Waals surface area contributed by atoms with E-state index in [0.29, 0.717) is 17.8 Å². The Morgan fingerprint density at radius 1 is 1.40 bits per heavy atom. The van der Waals surface area contributed by atoms with Gasteiger partial charge in [0.1, 0.15) is 17.2 Å². The molecule has 2 aromatic rings. The van der Waals surface area contributed by atoms with Crippen LogP contribution in [0.4, 0.5) is 0 Å². The maximum atomic E-state index is 10.9. The monoisotopic (exact) mass is 222 g/mol. The first-order valence-corrected chi connectivity index (χ1v) is 4.55. The van der Waals surface area contributed by atoms with Crippen LogP contribution in [0, 0.1) is 0 Å². The van der Waals surface area contributed by atoms with E-state index >= 15 is 0 Å². The summed E-state index contributed by atoms with van der Waals surface area (Å²) in [6.45, 7) is 0. The number of hydrogen-bond acceptors (Lipinski definition) is 4. The SMILES string of the molecule is Cn1ccnc1-c1ncnc(Cl)c1C=O. The topological polar surface area (TPSA) is 60.7 Å². The van der Waals surface area contributed by atoms with Crippen molar-refractivity contribution >= 4 is 17.9 Å². The fraction of sp³-hybridized carbons (Fsp3) is 0.111. The number of aryl methyl sites for hydroxylation is 1. The van der Waals surface area contributed by atoms with Crippen LogP contribution in [0.15, 0.2) is 18.7 Å². The fourth-order valence-corrected chi connectivity index (χ4v) is 1.43. The standard InChI is InChI=1S/C9H7ClN4O/c1-14-3-2-11-9(14)7-6(4-15)8(10)13-5-12-7/h2-5H,1H3. The Morgan fingerprint density at radius 3 is 2.80 bits per heavy atom. The van der Waals surface area contributed by atoms with Gasteiger partial charge < -0.3 is 4.57 Å². The summed E-state index contributed by atoms with van der Waals surface area (Å²) < 4.78 is 1.76. The Labute approximate surface area is 90.8 Å². The smallest absolute Gasteiger partial charge is 0.159 e. The molecule has 0 atom stereocenters. The summed E-state index contributed by atoms with van der Waals surface area (Å²) in [6.07, 6.45) is 5.32. The van der Waals surface area contributed by atoms with E-state index in [9.17, 15) is 4.79 Å². The molecule has 0 aliphatic heterocycles. The van der Waals surface area contributed by atoms with Crippen molar-refractivity contribution in [2.45, 2.75) is 0 Å². The highest BCUT2D eigenvalue weighted by Gasteiger charge is 2.13. The molecule has 0 unspecified atom stereocenters. The number of halogens is 1. The number of aldehydes is 1. The maximum absolute atomic E-state index is 10.9. The third-order valence-corrected chi connectivity index (χ3v) is 2.29. The van der Waals surface area contributed by atoms with Crippen LogP contribution in [0.5, 0.6) is 0 Å². The molecule has 5 nitrogen and oxygen atoms in total. The molecule has 2 aromatic heterocycles. The van der Waals surface area contributed by atoms with Gasteiger partial charge in [0.15, 0.2) is 12.1 Å². The van der Waals surface area contributed by atoms with Gasteiger partial charge in [-0.2, -0.15) is 0 Å². The zero-order valence-corrected chi connectivity index (χ0v) is 8.64. The third kappa shape index (κ3) is 1.61. The number of hydrogen-bond donors (Lipinski definition) is 0. The van der Waals surface area contributed by atoms with Crippen molar-refractivity contribution in [1.29, 1.82) is 0 Å². The second-order valence-corrected chi connectivity index (χ2v) is 3.26. The Morgan fingerprint density at radius 2 is 2.20 bits per heavy atom. The molecule has 15 heavy (non-hydrogen) atoms. The largest absolute Gasteiger partial charge is 0.333 e. The normalized spacial score (nSPS) is 10.3. The molecule has 76 valence electrons. The highest BCUT2D eigenvalue weighted by atomic mass is 35.5. The lowest BCUT2D eigenvalue weighted by atomic mass is 10.2. The van der Waals surface area contributed by atoms with Crippen LogP contribution in [0.25, 0.3) is 11.5 Å². The van der Waals surface area contributed by atoms with Gasteiger partial charge in [-0.05, 0) is 0 Å². The summed E-state index contributed by atoms with van der Waals surface area (Å²) >= 11 is 5.78. The van der Waals surface area contributed by atoms with Crippen molar-refractivity contribution in [3.63, 3.8) is 0 Å². The summed E-state index contributed by atoms with van der Waals surface area (Å²) in [5.74, 6) is 0.585. The maximum Gasteiger partial charge on any atom is 0.159 e. The zero-order chi connectivity index (χ0) is 10.8. The van der Waals surface area contributed by atoms with Gasteiger partial charge in [-0.1, -0.05) is 11.6 Å². The molecular formula is C9H7ClN4O. The van der Waals surface area contributed by atoms with Gasteiger partial charge in [0, 0.05) is 19.4 Å². The van der Waals surface area contributed by atoms with Crippen molar-refractivity contribution in [1.82, 2.24) is 19.5 Å². The summed E-state index contributed by atoms with van der Waals surface area (Å²) in [5, 5.41) is 0.137. The number of imidazole rings is 1. The van der Waals surface area contributed by atoms with Crippen molar-refractivity contribution in [2.24, 2.45) is 7.05 Å². The number of carbonyl (C=O) groups is 1. The van der Waals surface area contributed by atoms with Crippen LogP contribution >= 0.6 is 11.6 Å². The molecule has 0 radical (unpaired) electrons. The van der Waals surface area contributed by atoms with Crippen molar-refractivity contribution in [3.05, 3.63) is 29.4 Å². The minimum absolute atomic E-state index is 0.137.